The van der Waals surface area contributed by atoms with E-state index in [2.05, 4.69) is 22.5 Å². The minimum atomic E-state index is -0.514. The van der Waals surface area contributed by atoms with E-state index in [1.165, 1.54) is 0 Å². The zero-order valence-electron chi connectivity index (χ0n) is 15.1. The molecule has 4 N–H and O–H groups in total. The second-order valence-electron chi connectivity index (χ2n) is 6.36. The molecule has 0 saturated carbocycles. The van der Waals surface area contributed by atoms with Gasteiger partial charge in [0.2, 0.25) is 0 Å². The standard InChI is InChI=1S/C15H32N4O3.HI/c1-7-8-12(19-14(20)22-15(3,4)5)9-17-13(16)18-11(2)10-21-6;/h11-12H,7-10H2,1-6H3,(H,19,20)(H3,16,17,18);1H. The maximum atomic E-state index is 11.8. The molecule has 0 aromatic rings. The first kappa shape index (κ1) is 24.5. The highest BCUT2D eigenvalue weighted by atomic mass is 127. The molecule has 0 spiro atoms. The molecule has 2 unspecified atom stereocenters. The highest BCUT2D eigenvalue weighted by Gasteiger charge is 2.19. The first-order valence-corrected chi connectivity index (χ1v) is 7.72. The number of nitrogens with one attached hydrogen (secondary N) is 2. The number of methoxy groups -OCH3 is 1. The van der Waals surface area contributed by atoms with E-state index >= 15 is 0 Å². The quantitative estimate of drug-likeness (QED) is 0.303. The fourth-order valence-electron chi connectivity index (χ4n) is 1.83. The third kappa shape index (κ3) is 14.5. The van der Waals surface area contributed by atoms with Crippen LogP contribution in [0.1, 0.15) is 47.5 Å². The molecule has 0 aliphatic rings. The number of hydrogen-bond donors (Lipinski definition) is 3. The molecule has 2 atom stereocenters. The van der Waals surface area contributed by atoms with Gasteiger partial charge in [-0.2, -0.15) is 0 Å². The largest absolute Gasteiger partial charge is 0.444 e. The van der Waals surface area contributed by atoms with Crippen LogP contribution in [0.25, 0.3) is 0 Å². The molecule has 138 valence electrons. The Balaban J connectivity index is 0. The van der Waals surface area contributed by atoms with E-state index in [9.17, 15) is 4.79 Å². The summed E-state index contributed by atoms with van der Waals surface area (Å²) in [6, 6.07) is -0.0184. The van der Waals surface area contributed by atoms with Gasteiger partial charge in [-0.25, -0.2) is 4.79 Å². The van der Waals surface area contributed by atoms with Crippen LogP contribution in [0.15, 0.2) is 4.99 Å². The Hall–Kier alpha value is -0.770. The summed E-state index contributed by atoms with van der Waals surface area (Å²) in [6.45, 7) is 10.5. The summed E-state index contributed by atoms with van der Waals surface area (Å²) >= 11 is 0. The van der Waals surface area contributed by atoms with Crippen molar-refractivity contribution in [2.24, 2.45) is 10.7 Å². The molecule has 0 aromatic carbocycles. The Morgan fingerprint density at radius 2 is 1.91 bits per heavy atom. The van der Waals surface area contributed by atoms with E-state index in [1.54, 1.807) is 7.11 Å². The van der Waals surface area contributed by atoms with Gasteiger partial charge in [0.1, 0.15) is 5.60 Å². The van der Waals surface area contributed by atoms with Crippen molar-refractivity contribution < 1.29 is 14.3 Å². The minimum absolute atomic E-state index is 0. The molecule has 0 aromatic heterocycles. The van der Waals surface area contributed by atoms with Crippen LogP contribution in [0.2, 0.25) is 0 Å². The van der Waals surface area contributed by atoms with Gasteiger partial charge in [-0.05, 0) is 34.1 Å². The van der Waals surface area contributed by atoms with Crippen LogP contribution in [-0.4, -0.2) is 50.0 Å². The van der Waals surface area contributed by atoms with E-state index in [0.717, 1.165) is 12.8 Å². The van der Waals surface area contributed by atoms with Crippen LogP contribution in [0.4, 0.5) is 4.79 Å². The van der Waals surface area contributed by atoms with Gasteiger partial charge in [0.15, 0.2) is 5.96 Å². The van der Waals surface area contributed by atoms with Gasteiger partial charge in [-0.1, -0.05) is 13.3 Å². The van der Waals surface area contributed by atoms with Gasteiger partial charge in [0.05, 0.1) is 19.2 Å². The summed E-state index contributed by atoms with van der Waals surface area (Å²) in [4.78, 5) is 16.1. The number of alkyl carbamates (subject to hydrolysis) is 1. The van der Waals surface area contributed by atoms with Crippen molar-refractivity contribution >= 4 is 36.0 Å². The van der Waals surface area contributed by atoms with E-state index in [0.29, 0.717) is 19.1 Å². The monoisotopic (exact) mass is 444 g/mol. The van der Waals surface area contributed by atoms with Gasteiger partial charge in [-0.3, -0.25) is 4.99 Å². The first-order chi connectivity index (χ1) is 10.2. The summed E-state index contributed by atoms with van der Waals surface area (Å²) in [5, 5.41) is 5.86. The van der Waals surface area contributed by atoms with Crippen molar-refractivity contribution in [3.63, 3.8) is 0 Å². The van der Waals surface area contributed by atoms with E-state index in [-0.39, 0.29) is 36.1 Å². The van der Waals surface area contributed by atoms with Crippen molar-refractivity contribution in [1.82, 2.24) is 10.6 Å². The number of rotatable bonds is 8. The number of hydrogen-bond acceptors (Lipinski definition) is 4. The maximum absolute atomic E-state index is 11.8. The summed E-state index contributed by atoms with van der Waals surface area (Å²) < 4.78 is 10.3. The Kier molecular flexibility index (Phi) is 13.4. The SMILES string of the molecule is CCCC(CN=C(N)NC(C)COC)NC(=O)OC(C)(C)C.I. The lowest BCUT2D eigenvalue weighted by atomic mass is 10.1. The van der Waals surface area contributed by atoms with Crippen LogP contribution >= 0.6 is 24.0 Å². The van der Waals surface area contributed by atoms with Crippen LogP contribution in [0.3, 0.4) is 0 Å². The van der Waals surface area contributed by atoms with Crippen LogP contribution in [-0.2, 0) is 9.47 Å². The average Bonchev–Trinajstić information content (AvgIpc) is 2.34. The molecular weight excluding hydrogens is 411 g/mol. The predicted molar refractivity (Wildman–Crippen MR) is 104 cm³/mol. The van der Waals surface area contributed by atoms with Crippen molar-refractivity contribution in [2.45, 2.75) is 65.1 Å². The number of guanidine groups is 1. The molecular formula is C15H33IN4O3. The Bertz CT molecular complexity index is 359. The Morgan fingerprint density at radius 1 is 1.30 bits per heavy atom. The van der Waals surface area contributed by atoms with Crippen molar-refractivity contribution in [2.75, 3.05) is 20.3 Å². The smallest absolute Gasteiger partial charge is 0.407 e. The lowest BCUT2D eigenvalue weighted by molar-refractivity contribution is 0.0503. The van der Waals surface area contributed by atoms with Gasteiger partial charge in [0.25, 0.3) is 0 Å². The number of carbonyl (C=O) groups excluding carboxylic acids is 1. The summed E-state index contributed by atoms with van der Waals surface area (Å²) in [7, 11) is 1.63. The molecule has 0 aliphatic heterocycles. The average molecular weight is 444 g/mol. The minimum Gasteiger partial charge on any atom is -0.444 e. The topological polar surface area (TPSA) is 98.0 Å². The molecule has 0 aliphatic carbocycles. The van der Waals surface area contributed by atoms with Gasteiger partial charge in [-0.15, -0.1) is 24.0 Å². The van der Waals surface area contributed by atoms with Crippen molar-refractivity contribution in [3.8, 4) is 0 Å². The Morgan fingerprint density at radius 3 is 2.39 bits per heavy atom. The normalized spacial score (nSPS) is 14.4. The number of ether oxygens (including phenoxy) is 2. The zero-order chi connectivity index (χ0) is 17.2. The summed E-state index contributed by atoms with van der Waals surface area (Å²) in [5.74, 6) is 0.344. The maximum Gasteiger partial charge on any atom is 0.407 e. The molecule has 0 fully saturated rings. The number of amides is 1. The number of nitrogens with two attached hydrogens (primary N) is 1. The van der Waals surface area contributed by atoms with Crippen LogP contribution in [0, 0.1) is 0 Å². The van der Waals surface area contributed by atoms with Crippen molar-refractivity contribution in [3.05, 3.63) is 0 Å². The highest BCUT2D eigenvalue weighted by molar-refractivity contribution is 14.0. The van der Waals surface area contributed by atoms with E-state index in [1.807, 2.05) is 27.7 Å². The number of carbonyl (C=O) groups is 1. The molecule has 7 nitrogen and oxygen atoms in total. The highest BCUT2D eigenvalue weighted by Crippen LogP contribution is 2.07. The second-order valence-corrected chi connectivity index (χ2v) is 6.36. The van der Waals surface area contributed by atoms with Gasteiger partial charge in [0, 0.05) is 13.2 Å². The summed E-state index contributed by atoms with van der Waals surface area (Å²) in [6.07, 6.45) is 1.31. The lowest BCUT2D eigenvalue weighted by Gasteiger charge is -2.23. The van der Waals surface area contributed by atoms with Crippen molar-refractivity contribution in [1.29, 1.82) is 0 Å². The molecule has 0 radical (unpaired) electrons. The van der Waals surface area contributed by atoms with Crippen LogP contribution in [0.5, 0.6) is 0 Å². The van der Waals surface area contributed by atoms with Gasteiger partial charge >= 0.3 is 6.09 Å². The molecule has 0 rings (SSSR count). The molecule has 0 bridgehead atoms. The number of halogens is 1. The third-order valence-corrected chi connectivity index (χ3v) is 2.65. The Labute approximate surface area is 157 Å². The predicted octanol–water partition coefficient (Wildman–Crippen LogP) is 2.24. The molecule has 0 saturated heterocycles. The number of nitrogens with zero attached hydrogens (tertiary/aromatic N) is 1. The fourth-order valence-corrected chi connectivity index (χ4v) is 1.83. The zero-order valence-corrected chi connectivity index (χ0v) is 17.5. The lowest BCUT2D eigenvalue weighted by Crippen LogP contribution is -2.43. The van der Waals surface area contributed by atoms with Gasteiger partial charge < -0.3 is 25.8 Å². The molecule has 23 heavy (non-hydrogen) atoms. The first-order valence-electron chi connectivity index (χ1n) is 7.72. The van der Waals surface area contributed by atoms with E-state index < -0.39 is 11.7 Å². The summed E-state index contributed by atoms with van der Waals surface area (Å²) in [5.41, 5.74) is 5.31. The molecule has 1 amide bonds. The fraction of sp³-hybridized carbons (Fsp3) is 0.867. The second kappa shape index (κ2) is 12.6. The van der Waals surface area contributed by atoms with Crippen LogP contribution < -0.4 is 16.4 Å². The third-order valence-electron chi connectivity index (χ3n) is 2.65. The number of aliphatic imine (C=N–C) groups is 1. The molecule has 0 heterocycles. The van der Waals surface area contributed by atoms with E-state index in [4.69, 9.17) is 15.2 Å². The molecule has 8 heteroatoms.